The van der Waals surface area contributed by atoms with Crippen LogP contribution < -0.4 is 5.32 Å². The molecule has 0 spiro atoms. The van der Waals surface area contributed by atoms with Gasteiger partial charge in [0.05, 0.1) is 17.3 Å². The summed E-state index contributed by atoms with van der Waals surface area (Å²) in [5.74, 6) is -1.41. The van der Waals surface area contributed by atoms with Gasteiger partial charge in [-0.05, 0) is 43.3 Å². The average molecular weight is 528 g/mol. The molecule has 4 rings (SSSR count). The van der Waals surface area contributed by atoms with Crippen molar-refractivity contribution in [2.75, 3.05) is 5.32 Å². The van der Waals surface area contributed by atoms with Crippen molar-refractivity contribution < 1.29 is 26.3 Å². The minimum atomic E-state index is -4.78. The molecule has 0 radical (unpaired) electrons. The van der Waals surface area contributed by atoms with Gasteiger partial charge in [-0.1, -0.05) is 18.2 Å². The second kappa shape index (κ2) is 10.2. The van der Waals surface area contributed by atoms with Gasteiger partial charge in [-0.2, -0.15) is 46.6 Å². The van der Waals surface area contributed by atoms with E-state index in [4.69, 9.17) is 5.26 Å². The van der Waals surface area contributed by atoms with Gasteiger partial charge in [0.25, 0.3) is 5.95 Å². The van der Waals surface area contributed by atoms with Crippen molar-refractivity contribution in [3.8, 4) is 28.8 Å². The summed E-state index contributed by atoms with van der Waals surface area (Å²) in [5, 5.41) is 11.8. The number of nitrogens with zero attached hydrogens (tertiary/aromatic N) is 7. The largest absolute Gasteiger partial charge is 0.433 e. The number of pyridine rings is 2. The van der Waals surface area contributed by atoms with Crippen LogP contribution in [0.15, 0.2) is 65.8 Å². The Hall–Kier alpha value is -4.93. The number of aromatic nitrogens is 5. The Bertz CT molecular complexity index is 1540. The second-order valence-corrected chi connectivity index (χ2v) is 7.63. The highest BCUT2D eigenvalue weighted by molar-refractivity contribution is 5.89. The number of nitrogens with one attached hydrogen (secondary N) is 1. The zero-order valence-corrected chi connectivity index (χ0v) is 19.2. The Morgan fingerprint density at radius 1 is 0.895 bits per heavy atom. The lowest BCUT2D eigenvalue weighted by Gasteiger charge is -2.11. The smallest absolute Gasteiger partial charge is 0.324 e. The van der Waals surface area contributed by atoms with Crippen LogP contribution in [0.4, 0.5) is 43.9 Å². The quantitative estimate of drug-likeness (QED) is 0.239. The molecular formula is C24H14F6N8. The highest BCUT2D eigenvalue weighted by Crippen LogP contribution is 2.30. The number of hydrogen-bond acceptors (Lipinski definition) is 8. The number of hydrogen-bond donors (Lipinski definition) is 1. The van der Waals surface area contributed by atoms with Gasteiger partial charge in [0.2, 0.25) is 5.95 Å². The van der Waals surface area contributed by atoms with E-state index in [1.807, 2.05) is 6.07 Å². The van der Waals surface area contributed by atoms with E-state index in [0.717, 1.165) is 12.1 Å². The number of anilines is 2. The summed E-state index contributed by atoms with van der Waals surface area (Å²) in [6.45, 7) is 0.700. The van der Waals surface area contributed by atoms with Crippen LogP contribution in [0.5, 0.6) is 0 Å². The first kappa shape index (κ1) is 26.1. The molecule has 1 aromatic carbocycles. The third kappa shape index (κ3) is 6.25. The maximum Gasteiger partial charge on any atom is 0.433 e. The summed E-state index contributed by atoms with van der Waals surface area (Å²) in [5.41, 5.74) is -0.892. The van der Waals surface area contributed by atoms with Gasteiger partial charge in [-0.3, -0.25) is 4.98 Å². The molecule has 3 aromatic heterocycles. The Balaban J connectivity index is 1.76. The van der Waals surface area contributed by atoms with E-state index >= 15 is 0 Å². The molecule has 192 valence electrons. The van der Waals surface area contributed by atoms with Crippen molar-refractivity contribution in [2.24, 2.45) is 4.99 Å². The van der Waals surface area contributed by atoms with Gasteiger partial charge < -0.3 is 5.32 Å². The van der Waals surface area contributed by atoms with Crippen LogP contribution in [0, 0.1) is 11.3 Å². The van der Waals surface area contributed by atoms with Crippen molar-refractivity contribution >= 4 is 23.3 Å². The molecule has 0 bridgehead atoms. The van der Waals surface area contributed by atoms with Gasteiger partial charge >= 0.3 is 12.4 Å². The Morgan fingerprint density at radius 2 is 1.63 bits per heavy atom. The Morgan fingerprint density at radius 3 is 2.29 bits per heavy atom. The van der Waals surface area contributed by atoms with Crippen LogP contribution in [0.2, 0.25) is 0 Å². The first-order valence-corrected chi connectivity index (χ1v) is 10.6. The summed E-state index contributed by atoms with van der Waals surface area (Å²) in [6.07, 6.45) is -8.11. The van der Waals surface area contributed by atoms with Crippen LogP contribution in [0.3, 0.4) is 0 Å². The molecule has 0 saturated heterocycles. The number of aliphatic imine (C=N–C) groups is 1. The van der Waals surface area contributed by atoms with Gasteiger partial charge in [0, 0.05) is 17.4 Å². The van der Waals surface area contributed by atoms with Crippen molar-refractivity contribution in [3.05, 3.63) is 72.1 Å². The minimum absolute atomic E-state index is 0.292. The summed E-state index contributed by atoms with van der Waals surface area (Å²) in [4.78, 5) is 22.8. The van der Waals surface area contributed by atoms with E-state index in [0.29, 0.717) is 29.4 Å². The molecular weight excluding hydrogens is 514 g/mol. The molecule has 3 heterocycles. The molecule has 0 fully saturated rings. The zero-order valence-electron chi connectivity index (χ0n) is 19.2. The fourth-order valence-electron chi connectivity index (χ4n) is 3.03. The molecule has 0 saturated carbocycles. The molecule has 0 amide bonds. The lowest BCUT2D eigenvalue weighted by Crippen LogP contribution is -2.19. The Kier molecular flexibility index (Phi) is 7.02. The lowest BCUT2D eigenvalue weighted by atomic mass is 10.1. The Labute approximate surface area is 210 Å². The van der Waals surface area contributed by atoms with Crippen LogP contribution in [-0.4, -0.2) is 36.8 Å². The zero-order chi connectivity index (χ0) is 27.5. The van der Waals surface area contributed by atoms with Gasteiger partial charge in [-0.15, -0.1) is 0 Å². The molecule has 0 unspecified atom stereocenters. The lowest BCUT2D eigenvalue weighted by molar-refractivity contribution is -0.141. The number of halogens is 6. The van der Waals surface area contributed by atoms with E-state index in [9.17, 15) is 26.3 Å². The van der Waals surface area contributed by atoms with Crippen molar-refractivity contribution in [1.29, 1.82) is 5.26 Å². The highest BCUT2D eigenvalue weighted by Gasteiger charge is 2.33. The summed E-state index contributed by atoms with van der Waals surface area (Å²) in [7, 11) is 0. The van der Waals surface area contributed by atoms with E-state index in [2.05, 4.69) is 35.2 Å². The number of rotatable bonds is 5. The molecule has 4 aromatic rings. The molecule has 38 heavy (non-hydrogen) atoms. The van der Waals surface area contributed by atoms with Crippen LogP contribution in [0.25, 0.3) is 22.8 Å². The van der Waals surface area contributed by atoms with E-state index in [-0.39, 0.29) is 11.6 Å². The molecule has 0 aliphatic carbocycles. The molecule has 8 nitrogen and oxygen atoms in total. The highest BCUT2D eigenvalue weighted by atomic mass is 19.4. The maximum atomic E-state index is 13.2. The topological polar surface area (TPSA) is 113 Å². The van der Waals surface area contributed by atoms with Crippen LogP contribution in [0.1, 0.15) is 18.2 Å². The standard InChI is InChI=1S/C24H14F6N8/c1-13(23(25,26)27)33-21-36-20(17-3-2-4-19(35-17)24(28,29)30)37-22(38-21)34-16-9-10-32-18(11-16)15-7-5-14(12-31)6-8-15/h2-11H,1H3,(H,32,34,36,37,38)/b33-13+. The number of benzene rings is 1. The summed E-state index contributed by atoms with van der Waals surface area (Å²) < 4.78 is 78.7. The van der Waals surface area contributed by atoms with E-state index < -0.39 is 35.5 Å². The fourth-order valence-corrected chi connectivity index (χ4v) is 3.03. The van der Waals surface area contributed by atoms with Crippen LogP contribution >= 0.6 is 0 Å². The monoisotopic (exact) mass is 528 g/mol. The molecule has 14 heteroatoms. The molecule has 0 aliphatic heterocycles. The second-order valence-electron chi connectivity index (χ2n) is 7.63. The predicted molar refractivity (Wildman–Crippen MR) is 125 cm³/mol. The van der Waals surface area contributed by atoms with Crippen molar-refractivity contribution in [2.45, 2.75) is 19.3 Å². The summed E-state index contributed by atoms with van der Waals surface area (Å²) >= 11 is 0. The average Bonchev–Trinajstić information content (AvgIpc) is 2.88. The fraction of sp³-hybridized carbons (Fsp3) is 0.125. The van der Waals surface area contributed by atoms with Crippen molar-refractivity contribution in [3.63, 3.8) is 0 Å². The molecule has 0 aliphatic rings. The SMILES string of the molecule is C/C(=N\c1nc(Nc2ccnc(-c3ccc(C#N)cc3)c2)nc(-c2cccc(C(F)(F)F)n2)n1)C(F)(F)F. The van der Waals surface area contributed by atoms with Gasteiger partial charge in [-0.25, -0.2) is 9.98 Å². The van der Waals surface area contributed by atoms with Crippen LogP contribution in [-0.2, 0) is 6.18 Å². The summed E-state index contributed by atoms with van der Waals surface area (Å²) in [6, 6.07) is 14.6. The number of alkyl halides is 6. The predicted octanol–water partition coefficient (Wildman–Crippen LogP) is 6.28. The first-order valence-electron chi connectivity index (χ1n) is 10.6. The van der Waals surface area contributed by atoms with Gasteiger partial charge in [0.15, 0.2) is 5.82 Å². The normalized spacial score (nSPS) is 12.2. The number of nitriles is 1. The van der Waals surface area contributed by atoms with Gasteiger partial charge in [0.1, 0.15) is 17.1 Å². The first-order chi connectivity index (χ1) is 17.9. The third-order valence-electron chi connectivity index (χ3n) is 4.90. The van der Waals surface area contributed by atoms with Crippen molar-refractivity contribution in [1.82, 2.24) is 24.9 Å². The maximum absolute atomic E-state index is 13.2. The molecule has 1 N–H and O–H groups in total. The molecule has 0 atom stereocenters. The van der Waals surface area contributed by atoms with E-state index in [1.54, 1.807) is 30.3 Å². The minimum Gasteiger partial charge on any atom is -0.324 e. The van der Waals surface area contributed by atoms with E-state index in [1.165, 1.54) is 18.3 Å². The third-order valence-corrected chi connectivity index (χ3v) is 4.90.